The molecule has 0 radical (unpaired) electrons. The monoisotopic (exact) mass is 418 g/mol. The van der Waals surface area contributed by atoms with E-state index in [1.807, 2.05) is 61.2 Å². The molecule has 1 heterocycles. The highest BCUT2D eigenvalue weighted by Crippen LogP contribution is 2.21. The van der Waals surface area contributed by atoms with Crippen LogP contribution >= 0.6 is 23.2 Å². The van der Waals surface area contributed by atoms with E-state index in [1.165, 1.54) is 0 Å². The first-order chi connectivity index (χ1) is 13.4. The van der Waals surface area contributed by atoms with E-state index in [9.17, 15) is 4.79 Å². The second-order valence-electron chi connectivity index (χ2n) is 7.08. The number of rotatable bonds is 8. The lowest BCUT2D eigenvalue weighted by atomic mass is 10.0. The lowest BCUT2D eigenvalue weighted by molar-refractivity contribution is -0.122. The van der Waals surface area contributed by atoms with E-state index in [0.29, 0.717) is 23.0 Å². The minimum atomic E-state index is -0.0593. The van der Waals surface area contributed by atoms with Gasteiger partial charge >= 0.3 is 0 Å². The van der Waals surface area contributed by atoms with Gasteiger partial charge in [0.25, 0.3) is 0 Å². The molecule has 148 valence electrons. The third-order valence-corrected chi connectivity index (χ3v) is 5.12. The number of nitrogens with zero attached hydrogens (tertiary/aromatic N) is 3. The maximum absolute atomic E-state index is 12.6. The third-order valence-electron chi connectivity index (χ3n) is 4.63. The summed E-state index contributed by atoms with van der Waals surface area (Å²) in [7, 11) is 4.05. The normalized spacial score (nSPS) is 12.5. The number of aryl methyl sites for hydroxylation is 1. The molecule has 0 aliphatic carbocycles. The van der Waals surface area contributed by atoms with E-state index in [-0.39, 0.29) is 11.9 Å². The summed E-state index contributed by atoms with van der Waals surface area (Å²) in [5, 5.41) is 9.88. The topological polar surface area (TPSA) is 50.2 Å². The summed E-state index contributed by atoms with van der Waals surface area (Å²) in [6, 6.07) is 13.2. The zero-order valence-electron chi connectivity index (χ0n) is 16.0. The third kappa shape index (κ3) is 5.47. The fourth-order valence-electron chi connectivity index (χ4n) is 3.10. The number of halogens is 2. The van der Waals surface area contributed by atoms with Gasteiger partial charge in [-0.3, -0.25) is 9.48 Å². The summed E-state index contributed by atoms with van der Waals surface area (Å²) in [4.78, 5) is 14.7. The van der Waals surface area contributed by atoms with Crippen LogP contribution in [0, 0.1) is 0 Å². The summed E-state index contributed by atoms with van der Waals surface area (Å²) in [6.07, 6.45) is 2.95. The minimum Gasteiger partial charge on any atom is -0.349 e. The second-order valence-corrected chi connectivity index (χ2v) is 7.96. The van der Waals surface area contributed by atoms with E-state index in [1.54, 1.807) is 6.20 Å². The highest BCUT2D eigenvalue weighted by molar-refractivity contribution is 6.31. The number of carbonyl (C=O) groups excluding carboxylic acids is 1. The Morgan fingerprint density at radius 2 is 1.86 bits per heavy atom. The van der Waals surface area contributed by atoms with E-state index < -0.39 is 0 Å². The molecule has 5 nitrogen and oxygen atoms in total. The Morgan fingerprint density at radius 1 is 1.14 bits per heavy atom. The van der Waals surface area contributed by atoms with Crippen molar-refractivity contribution in [3.63, 3.8) is 0 Å². The van der Waals surface area contributed by atoms with Crippen molar-refractivity contribution in [1.29, 1.82) is 0 Å². The maximum atomic E-state index is 12.6. The zero-order valence-corrected chi connectivity index (χ0v) is 17.5. The molecule has 0 fully saturated rings. The first-order valence-corrected chi connectivity index (χ1v) is 9.98. The van der Waals surface area contributed by atoms with Gasteiger partial charge in [0.05, 0.1) is 24.3 Å². The molecular weight excluding hydrogens is 395 g/mol. The average molecular weight is 419 g/mol. The molecule has 0 bridgehead atoms. The Labute approximate surface area is 175 Å². The van der Waals surface area contributed by atoms with Gasteiger partial charge in [-0.05, 0) is 63.0 Å². The Hall–Kier alpha value is -2.08. The Bertz CT molecular complexity index is 937. The summed E-state index contributed by atoms with van der Waals surface area (Å²) in [6.45, 7) is 1.37. The summed E-state index contributed by atoms with van der Waals surface area (Å²) in [5.41, 5.74) is 1.98. The molecule has 0 spiro atoms. The molecule has 3 rings (SSSR count). The number of amides is 1. The van der Waals surface area contributed by atoms with Crippen LogP contribution in [0.3, 0.4) is 0 Å². The van der Waals surface area contributed by atoms with Crippen LogP contribution in [-0.2, 0) is 11.3 Å². The lowest BCUT2D eigenvalue weighted by Gasteiger charge is -2.21. The molecule has 3 aromatic rings. The van der Waals surface area contributed by atoms with Crippen LogP contribution < -0.4 is 5.32 Å². The first-order valence-electron chi connectivity index (χ1n) is 9.23. The number of aromatic nitrogens is 2. The second kappa shape index (κ2) is 9.41. The van der Waals surface area contributed by atoms with Crippen molar-refractivity contribution in [3.8, 4) is 0 Å². The molecular formula is C21H24Cl2N4O. The summed E-state index contributed by atoms with van der Waals surface area (Å²) >= 11 is 12.1. The van der Waals surface area contributed by atoms with Crippen molar-refractivity contribution in [1.82, 2.24) is 20.0 Å². The standard InChI is InChI=1S/C21H24Cl2N4O/c1-26(2)11-9-19(15-3-6-17(22)7-4-15)25-21(28)10-12-27-20-13-18(23)8-5-16(20)14-24-27/h3-8,13-14,19H,9-12H2,1-2H3,(H,25,28). The molecule has 7 heteroatoms. The van der Waals surface area contributed by atoms with Gasteiger partial charge in [0.1, 0.15) is 0 Å². The van der Waals surface area contributed by atoms with Gasteiger partial charge in [0.15, 0.2) is 0 Å². The quantitative estimate of drug-likeness (QED) is 0.583. The van der Waals surface area contributed by atoms with Crippen molar-refractivity contribution >= 4 is 40.0 Å². The Morgan fingerprint density at radius 3 is 2.57 bits per heavy atom. The van der Waals surface area contributed by atoms with Gasteiger partial charge in [0.2, 0.25) is 5.91 Å². The van der Waals surface area contributed by atoms with Crippen LogP contribution in [0.25, 0.3) is 10.9 Å². The fraction of sp³-hybridized carbons (Fsp3) is 0.333. The molecule has 1 aromatic heterocycles. The smallest absolute Gasteiger partial charge is 0.222 e. The number of hydrogen-bond donors (Lipinski definition) is 1. The largest absolute Gasteiger partial charge is 0.349 e. The fourth-order valence-corrected chi connectivity index (χ4v) is 3.39. The molecule has 1 N–H and O–H groups in total. The van der Waals surface area contributed by atoms with Crippen LogP contribution in [0.15, 0.2) is 48.7 Å². The van der Waals surface area contributed by atoms with Gasteiger partial charge in [0, 0.05) is 21.9 Å². The van der Waals surface area contributed by atoms with Crippen LogP contribution in [0.4, 0.5) is 0 Å². The predicted molar refractivity (Wildman–Crippen MR) is 115 cm³/mol. The summed E-state index contributed by atoms with van der Waals surface area (Å²) < 4.78 is 1.82. The molecule has 0 saturated heterocycles. The molecule has 0 aliphatic rings. The molecule has 1 unspecified atom stereocenters. The van der Waals surface area contributed by atoms with Crippen LogP contribution in [0.1, 0.15) is 24.4 Å². The number of nitrogens with one attached hydrogen (secondary N) is 1. The van der Waals surface area contributed by atoms with Gasteiger partial charge < -0.3 is 10.2 Å². The molecule has 28 heavy (non-hydrogen) atoms. The Balaban J connectivity index is 1.65. The van der Waals surface area contributed by atoms with E-state index in [0.717, 1.165) is 29.4 Å². The van der Waals surface area contributed by atoms with Gasteiger partial charge in [-0.25, -0.2) is 0 Å². The SMILES string of the molecule is CN(C)CCC(NC(=O)CCn1ncc2ccc(Cl)cc21)c1ccc(Cl)cc1. The van der Waals surface area contributed by atoms with Crippen LogP contribution in [-0.4, -0.2) is 41.2 Å². The molecule has 2 aromatic carbocycles. The van der Waals surface area contributed by atoms with Gasteiger partial charge in [-0.15, -0.1) is 0 Å². The lowest BCUT2D eigenvalue weighted by Crippen LogP contribution is -2.31. The Kier molecular flexibility index (Phi) is 6.94. The maximum Gasteiger partial charge on any atom is 0.222 e. The van der Waals surface area contributed by atoms with Gasteiger partial charge in [-0.1, -0.05) is 35.3 Å². The van der Waals surface area contributed by atoms with Crippen molar-refractivity contribution in [3.05, 3.63) is 64.3 Å². The molecule has 1 amide bonds. The van der Waals surface area contributed by atoms with Crippen molar-refractivity contribution < 1.29 is 4.79 Å². The van der Waals surface area contributed by atoms with Crippen LogP contribution in [0.5, 0.6) is 0 Å². The number of carbonyl (C=O) groups is 1. The number of hydrogen-bond acceptors (Lipinski definition) is 3. The van der Waals surface area contributed by atoms with E-state index in [4.69, 9.17) is 23.2 Å². The van der Waals surface area contributed by atoms with Gasteiger partial charge in [-0.2, -0.15) is 5.10 Å². The molecule has 0 aliphatic heterocycles. The number of benzene rings is 2. The highest BCUT2D eigenvalue weighted by atomic mass is 35.5. The van der Waals surface area contributed by atoms with Crippen molar-refractivity contribution in [2.24, 2.45) is 0 Å². The van der Waals surface area contributed by atoms with E-state index in [2.05, 4.69) is 15.3 Å². The number of fused-ring (bicyclic) bond motifs is 1. The molecule has 1 atom stereocenters. The average Bonchev–Trinajstić information content (AvgIpc) is 3.06. The van der Waals surface area contributed by atoms with Crippen molar-refractivity contribution in [2.45, 2.75) is 25.4 Å². The summed E-state index contributed by atoms with van der Waals surface area (Å²) in [5.74, 6) is -0.00983. The zero-order chi connectivity index (χ0) is 20.1. The minimum absolute atomic E-state index is 0.00983. The molecule has 0 saturated carbocycles. The van der Waals surface area contributed by atoms with E-state index >= 15 is 0 Å². The van der Waals surface area contributed by atoms with Crippen LogP contribution in [0.2, 0.25) is 10.0 Å². The van der Waals surface area contributed by atoms with Crippen molar-refractivity contribution in [2.75, 3.05) is 20.6 Å². The first kappa shape index (κ1) is 20.6. The predicted octanol–water partition coefficient (Wildman–Crippen LogP) is 4.54. The highest BCUT2D eigenvalue weighted by Gasteiger charge is 2.15.